The number of anilines is 1. The molecule has 1 rings (SSSR count). The first-order valence-corrected chi connectivity index (χ1v) is 6.43. The van der Waals surface area contributed by atoms with Crippen LogP contribution >= 0.6 is 11.6 Å². The zero-order chi connectivity index (χ0) is 12.0. The molecule has 0 aliphatic heterocycles. The number of hydrogen-bond donors (Lipinski definition) is 1. The highest BCUT2D eigenvalue weighted by molar-refractivity contribution is 6.17. The van der Waals surface area contributed by atoms with Crippen molar-refractivity contribution in [2.24, 2.45) is 5.41 Å². The minimum absolute atomic E-state index is 0.263. The van der Waals surface area contributed by atoms with E-state index in [0.717, 1.165) is 37.8 Å². The lowest BCUT2D eigenvalue weighted by atomic mass is 9.88. The normalized spacial score (nSPS) is 11.8. The van der Waals surface area contributed by atoms with Crippen LogP contribution < -0.4 is 5.32 Å². The molecule has 4 heteroatoms. The van der Waals surface area contributed by atoms with Crippen LogP contribution in [-0.4, -0.2) is 22.0 Å². The number of alkyl halides is 1. The lowest BCUT2D eigenvalue weighted by Crippen LogP contribution is -2.24. The predicted molar refractivity (Wildman–Crippen MR) is 70.1 cm³/mol. The Morgan fingerprint density at radius 1 is 1.50 bits per heavy atom. The van der Waals surface area contributed by atoms with E-state index in [1.54, 1.807) is 0 Å². The van der Waals surface area contributed by atoms with Crippen molar-refractivity contribution >= 4 is 17.5 Å². The maximum absolute atomic E-state index is 5.72. The van der Waals surface area contributed by atoms with Gasteiger partial charge in [-0.2, -0.15) is 0 Å². The highest BCUT2D eigenvalue weighted by Gasteiger charge is 2.17. The minimum Gasteiger partial charge on any atom is -0.355 e. The first-order chi connectivity index (χ1) is 7.59. The summed E-state index contributed by atoms with van der Waals surface area (Å²) in [7, 11) is 0. The van der Waals surface area contributed by atoms with Gasteiger partial charge in [0.05, 0.1) is 0 Å². The van der Waals surface area contributed by atoms with Crippen LogP contribution in [-0.2, 0) is 6.54 Å². The Kier molecular flexibility index (Phi) is 5.13. The lowest BCUT2D eigenvalue weighted by Gasteiger charge is -2.25. The van der Waals surface area contributed by atoms with Crippen molar-refractivity contribution in [2.75, 3.05) is 17.7 Å². The average molecular weight is 244 g/mol. The molecule has 0 spiro atoms. The van der Waals surface area contributed by atoms with E-state index in [9.17, 15) is 0 Å². The van der Waals surface area contributed by atoms with Gasteiger partial charge < -0.3 is 9.88 Å². The third-order valence-electron chi connectivity index (χ3n) is 2.77. The van der Waals surface area contributed by atoms with Crippen molar-refractivity contribution in [1.82, 2.24) is 9.55 Å². The SMILES string of the molecule is CCn1ccnc1NCC(C)(C)CCCCl. The molecule has 0 fully saturated rings. The molecule has 0 amide bonds. The largest absolute Gasteiger partial charge is 0.355 e. The van der Waals surface area contributed by atoms with Gasteiger partial charge in [0.25, 0.3) is 0 Å². The molecule has 0 atom stereocenters. The fourth-order valence-corrected chi connectivity index (χ4v) is 1.82. The Morgan fingerprint density at radius 3 is 2.88 bits per heavy atom. The molecule has 1 aromatic heterocycles. The van der Waals surface area contributed by atoms with Crippen LogP contribution in [0.3, 0.4) is 0 Å². The van der Waals surface area contributed by atoms with Gasteiger partial charge in [-0.25, -0.2) is 4.98 Å². The van der Waals surface area contributed by atoms with E-state index in [2.05, 4.69) is 35.6 Å². The third kappa shape index (κ3) is 4.05. The molecule has 0 radical (unpaired) electrons. The van der Waals surface area contributed by atoms with E-state index in [0.29, 0.717) is 0 Å². The molecule has 0 saturated carbocycles. The highest BCUT2D eigenvalue weighted by Crippen LogP contribution is 2.23. The number of halogens is 1. The van der Waals surface area contributed by atoms with Crippen molar-refractivity contribution in [3.63, 3.8) is 0 Å². The van der Waals surface area contributed by atoms with Crippen LogP contribution in [0, 0.1) is 5.41 Å². The third-order valence-corrected chi connectivity index (χ3v) is 3.04. The molecule has 0 saturated heterocycles. The zero-order valence-electron chi connectivity index (χ0n) is 10.5. The van der Waals surface area contributed by atoms with Gasteiger partial charge in [-0.1, -0.05) is 13.8 Å². The van der Waals surface area contributed by atoms with E-state index < -0.39 is 0 Å². The number of aryl methyl sites for hydroxylation is 1. The van der Waals surface area contributed by atoms with E-state index in [4.69, 9.17) is 11.6 Å². The second-order valence-corrected chi connectivity index (χ2v) is 5.23. The monoisotopic (exact) mass is 243 g/mol. The first kappa shape index (κ1) is 13.4. The molecule has 0 aliphatic rings. The van der Waals surface area contributed by atoms with Gasteiger partial charge in [0.2, 0.25) is 5.95 Å². The molecule has 1 heterocycles. The quantitative estimate of drug-likeness (QED) is 0.745. The van der Waals surface area contributed by atoms with Crippen LogP contribution in [0.1, 0.15) is 33.6 Å². The summed E-state index contributed by atoms with van der Waals surface area (Å²) >= 11 is 5.72. The Bertz CT molecular complexity index is 307. The maximum Gasteiger partial charge on any atom is 0.202 e. The zero-order valence-corrected chi connectivity index (χ0v) is 11.2. The van der Waals surface area contributed by atoms with Crippen LogP contribution in [0.5, 0.6) is 0 Å². The number of rotatable bonds is 7. The molecule has 16 heavy (non-hydrogen) atoms. The van der Waals surface area contributed by atoms with Gasteiger partial charge in [0.15, 0.2) is 0 Å². The number of hydrogen-bond acceptors (Lipinski definition) is 2. The maximum atomic E-state index is 5.72. The van der Waals surface area contributed by atoms with Crippen LogP contribution in [0.4, 0.5) is 5.95 Å². The van der Waals surface area contributed by atoms with E-state index in [1.807, 2.05) is 12.4 Å². The van der Waals surface area contributed by atoms with Gasteiger partial charge >= 0.3 is 0 Å². The summed E-state index contributed by atoms with van der Waals surface area (Å²) in [6.45, 7) is 8.51. The summed E-state index contributed by atoms with van der Waals surface area (Å²) in [4.78, 5) is 4.30. The van der Waals surface area contributed by atoms with Crippen molar-refractivity contribution in [3.05, 3.63) is 12.4 Å². The van der Waals surface area contributed by atoms with Crippen LogP contribution in [0.25, 0.3) is 0 Å². The van der Waals surface area contributed by atoms with Gasteiger partial charge in [-0.15, -0.1) is 11.6 Å². The summed E-state index contributed by atoms with van der Waals surface area (Å²) in [6, 6.07) is 0. The second kappa shape index (κ2) is 6.14. The fraction of sp³-hybridized carbons (Fsp3) is 0.750. The molecule has 1 aromatic rings. The molecular formula is C12H22ClN3. The van der Waals surface area contributed by atoms with E-state index in [-0.39, 0.29) is 5.41 Å². The molecular weight excluding hydrogens is 222 g/mol. The number of nitrogens with zero attached hydrogens (tertiary/aromatic N) is 2. The number of nitrogens with one attached hydrogen (secondary N) is 1. The van der Waals surface area contributed by atoms with Crippen molar-refractivity contribution in [2.45, 2.75) is 40.2 Å². The molecule has 1 N–H and O–H groups in total. The topological polar surface area (TPSA) is 29.9 Å². The van der Waals surface area contributed by atoms with Crippen molar-refractivity contribution < 1.29 is 0 Å². The van der Waals surface area contributed by atoms with E-state index >= 15 is 0 Å². The predicted octanol–water partition coefficient (Wildman–Crippen LogP) is 3.36. The molecule has 0 unspecified atom stereocenters. The molecule has 3 nitrogen and oxygen atoms in total. The summed E-state index contributed by atoms with van der Waals surface area (Å²) in [6.07, 6.45) is 6.03. The van der Waals surface area contributed by atoms with Crippen molar-refractivity contribution in [1.29, 1.82) is 0 Å². The smallest absolute Gasteiger partial charge is 0.202 e. The lowest BCUT2D eigenvalue weighted by molar-refractivity contribution is 0.354. The van der Waals surface area contributed by atoms with Gasteiger partial charge in [-0.05, 0) is 25.2 Å². The van der Waals surface area contributed by atoms with Gasteiger partial charge in [-0.3, -0.25) is 0 Å². The fourth-order valence-electron chi connectivity index (χ4n) is 1.68. The molecule has 0 aliphatic carbocycles. The molecule has 92 valence electrons. The Hall–Kier alpha value is -0.700. The summed E-state index contributed by atoms with van der Waals surface area (Å²) in [5.41, 5.74) is 0.263. The Labute approximate surface area is 103 Å². The second-order valence-electron chi connectivity index (χ2n) is 4.85. The highest BCUT2D eigenvalue weighted by atomic mass is 35.5. The van der Waals surface area contributed by atoms with Crippen LogP contribution in [0.2, 0.25) is 0 Å². The molecule has 0 aromatic carbocycles. The number of imidazole rings is 1. The summed E-state index contributed by atoms with van der Waals surface area (Å²) in [5, 5.41) is 3.40. The van der Waals surface area contributed by atoms with Crippen molar-refractivity contribution in [3.8, 4) is 0 Å². The van der Waals surface area contributed by atoms with Gasteiger partial charge in [0.1, 0.15) is 0 Å². The van der Waals surface area contributed by atoms with Gasteiger partial charge in [0, 0.05) is 31.4 Å². The van der Waals surface area contributed by atoms with E-state index in [1.165, 1.54) is 0 Å². The first-order valence-electron chi connectivity index (χ1n) is 5.90. The molecule has 0 bridgehead atoms. The van der Waals surface area contributed by atoms with Crippen LogP contribution in [0.15, 0.2) is 12.4 Å². The minimum atomic E-state index is 0.263. The summed E-state index contributed by atoms with van der Waals surface area (Å²) < 4.78 is 2.11. The Balaban J connectivity index is 2.44. The Morgan fingerprint density at radius 2 is 2.25 bits per heavy atom. The number of aromatic nitrogens is 2. The summed E-state index contributed by atoms with van der Waals surface area (Å²) in [5.74, 6) is 1.70. The average Bonchev–Trinajstić information content (AvgIpc) is 2.71. The standard InChI is InChI=1S/C12H22ClN3/c1-4-16-9-8-14-11(16)15-10-12(2,3)6-5-7-13/h8-9H,4-7,10H2,1-3H3,(H,14,15).